The lowest BCUT2D eigenvalue weighted by molar-refractivity contribution is -0.132. The molecule has 3 aromatic carbocycles. The molecule has 0 aliphatic carbocycles. The second-order valence-corrected chi connectivity index (χ2v) is 8.83. The maximum atomic E-state index is 14.1. The van der Waals surface area contributed by atoms with Crippen molar-refractivity contribution in [2.24, 2.45) is 0 Å². The third-order valence-corrected chi connectivity index (χ3v) is 5.79. The quantitative estimate of drug-likeness (QED) is 0.278. The van der Waals surface area contributed by atoms with Crippen molar-refractivity contribution >= 4 is 23.1 Å². The van der Waals surface area contributed by atoms with Gasteiger partial charge in [0.2, 0.25) is 0 Å². The number of anilines is 1. The molecule has 0 aromatic heterocycles. The Morgan fingerprint density at radius 2 is 1.71 bits per heavy atom. The maximum absolute atomic E-state index is 14.1. The summed E-state index contributed by atoms with van der Waals surface area (Å²) in [4.78, 5) is 27.5. The van der Waals surface area contributed by atoms with Gasteiger partial charge in [-0.05, 0) is 69.2 Å². The van der Waals surface area contributed by atoms with Gasteiger partial charge in [-0.3, -0.25) is 14.5 Å². The summed E-state index contributed by atoms with van der Waals surface area (Å²) in [5, 5.41) is 11.3. The van der Waals surface area contributed by atoms with Gasteiger partial charge in [0.25, 0.3) is 11.7 Å². The van der Waals surface area contributed by atoms with Crippen LogP contribution in [0.2, 0.25) is 0 Å². The SMILES string of the molecule is Cc1cccc(C2/C(=C(\O)c3ccc(OC(C)C)c(C)c3)C(=O)C(=O)N2c2ccc(F)c(F)c2)c1. The highest BCUT2D eigenvalue weighted by Gasteiger charge is 2.47. The highest BCUT2D eigenvalue weighted by Crippen LogP contribution is 2.43. The Labute approximate surface area is 202 Å². The van der Waals surface area contributed by atoms with Crippen molar-refractivity contribution in [2.45, 2.75) is 39.8 Å². The number of carbonyl (C=O) groups is 2. The molecule has 180 valence electrons. The molecule has 1 unspecified atom stereocenters. The Morgan fingerprint density at radius 1 is 0.971 bits per heavy atom. The lowest BCUT2D eigenvalue weighted by atomic mass is 9.94. The van der Waals surface area contributed by atoms with Crippen LogP contribution in [0.15, 0.2) is 66.2 Å². The van der Waals surface area contributed by atoms with Gasteiger partial charge in [-0.1, -0.05) is 29.8 Å². The first-order chi connectivity index (χ1) is 16.6. The normalized spacial score (nSPS) is 17.3. The fourth-order valence-corrected chi connectivity index (χ4v) is 4.23. The van der Waals surface area contributed by atoms with Gasteiger partial charge in [-0.2, -0.15) is 0 Å². The Hall–Kier alpha value is -4.00. The number of halogens is 2. The van der Waals surface area contributed by atoms with Crippen LogP contribution >= 0.6 is 0 Å². The standard InChI is InChI=1S/C28H25F2NO4/c1-15(2)35-23-11-8-19(13-17(23)4)26(32)24-25(18-7-5-6-16(3)12-18)31(28(34)27(24)33)20-9-10-21(29)22(30)14-20/h5-15,25,32H,1-4H3/b26-24+. The summed E-state index contributed by atoms with van der Waals surface area (Å²) in [7, 11) is 0. The molecule has 1 N–H and O–H groups in total. The molecular weight excluding hydrogens is 452 g/mol. The van der Waals surface area contributed by atoms with Gasteiger partial charge in [0.15, 0.2) is 11.6 Å². The highest BCUT2D eigenvalue weighted by molar-refractivity contribution is 6.51. The molecule has 0 radical (unpaired) electrons. The predicted molar refractivity (Wildman–Crippen MR) is 129 cm³/mol. The lowest BCUT2D eigenvalue weighted by Crippen LogP contribution is -2.29. The molecule has 3 aromatic rings. The molecule has 0 saturated carbocycles. The molecule has 1 aliphatic heterocycles. The molecule has 1 heterocycles. The Morgan fingerprint density at radius 3 is 2.34 bits per heavy atom. The molecule has 1 saturated heterocycles. The van der Waals surface area contributed by atoms with E-state index < -0.39 is 29.4 Å². The van der Waals surface area contributed by atoms with Crippen molar-refractivity contribution in [3.63, 3.8) is 0 Å². The first-order valence-corrected chi connectivity index (χ1v) is 11.2. The predicted octanol–water partition coefficient (Wildman–Crippen LogP) is 6.00. The van der Waals surface area contributed by atoms with E-state index in [1.165, 1.54) is 6.07 Å². The zero-order chi connectivity index (χ0) is 25.4. The van der Waals surface area contributed by atoms with E-state index in [9.17, 15) is 23.5 Å². The van der Waals surface area contributed by atoms with Gasteiger partial charge < -0.3 is 9.84 Å². The van der Waals surface area contributed by atoms with Gasteiger partial charge in [0.1, 0.15) is 11.5 Å². The van der Waals surface area contributed by atoms with Crippen molar-refractivity contribution in [1.82, 2.24) is 0 Å². The van der Waals surface area contributed by atoms with Crippen molar-refractivity contribution < 1.29 is 28.2 Å². The van der Waals surface area contributed by atoms with E-state index in [4.69, 9.17) is 4.74 Å². The van der Waals surface area contributed by atoms with E-state index in [1.54, 1.807) is 36.4 Å². The van der Waals surface area contributed by atoms with Gasteiger partial charge in [-0.25, -0.2) is 8.78 Å². The summed E-state index contributed by atoms with van der Waals surface area (Å²) in [6.45, 7) is 7.46. The lowest BCUT2D eigenvalue weighted by Gasteiger charge is -2.26. The zero-order valence-electron chi connectivity index (χ0n) is 19.8. The number of aliphatic hydroxyl groups excluding tert-OH is 1. The van der Waals surface area contributed by atoms with E-state index in [0.717, 1.165) is 28.2 Å². The average Bonchev–Trinajstić information content (AvgIpc) is 3.07. The summed E-state index contributed by atoms with van der Waals surface area (Å²) >= 11 is 0. The second kappa shape index (κ2) is 9.33. The van der Waals surface area contributed by atoms with Gasteiger partial charge in [-0.15, -0.1) is 0 Å². The highest BCUT2D eigenvalue weighted by atomic mass is 19.2. The van der Waals surface area contributed by atoms with E-state index in [2.05, 4.69) is 0 Å². The topological polar surface area (TPSA) is 66.8 Å². The van der Waals surface area contributed by atoms with E-state index in [0.29, 0.717) is 16.9 Å². The largest absolute Gasteiger partial charge is 0.507 e. The monoisotopic (exact) mass is 477 g/mol. The van der Waals surface area contributed by atoms with Crippen LogP contribution in [0, 0.1) is 25.5 Å². The van der Waals surface area contributed by atoms with Crippen molar-refractivity contribution in [1.29, 1.82) is 0 Å². The minimum atomic E-state index is -1.15. The summed E-state index contributed by atoms with van der Waals surface area (Å²) in [5.41, 5.74) is 2.36. The molecule has 1 fully saturated rings. The zero-order valence-corrected chi connectivity index (χ0v) is 19.8. The van der Waals surface area contributed by atoms with Crippen LogP contribution in [0.4, 0.5) is 14.5 Å². The van der Waals surface area contributed by atoms with Crippen LogP contribution in [-0.4, -0.2) is 22.9 Å². The summed E-state index contributed by atoms with van der Waals surface area (Å²) in [6, 6.07) is 14.0. The molecular formula is C28H25F2NO4. The van der Waals surface area contributed by atoms with E-state index in [1.807, 2.05) is 33.8 Å². The van der Waals surface area contributed by atoms with Gasteiger partial charge in [0.05, 0.1) is 17.7 Å². The van der Waals surface area contributed by atoms with Crippen LogP contribution in [0.3, 0.4) is 0 Å². The van der Waals surface area contributed by atoms with Gasteiger partial charge >= 0.3 is 0 Å². The molecule has 1 aliphatic rings. The molecule has 0 spiro atoms. The number of aliphatic hydroxyl groups is 1. The first-order valence-electron chi connectivity index (χ1n) is 11.2. The van der Waals surface area contributed by atoms with Crippen molar-refractivity contribution in [3.05, 3.63) is 100 Å². The van der Waals surface area contributed by atoms with Gasteiger partial charge in [0, 0.05) is 17.3 Å². The number of hydrogen-bond donors (Lipinski definition) is 1. The number of rotatable bonds is 5. The van der Waals surface area contributed by atoms with Crippen LogP contribution < -0.4 is 9.64 Å². The molecule has 7 heteroatoms. The second-order valence-electron chi connectivity index (χ2n) is 8.83. The number of benzene rings is 3. The van der Waals surface area contributed by atoms with E-state index in [-0.39, 0.29) is 23.1 Å². The molecule has 4 rings (SSSR count). The number of amides is 1. The van der Waals surface area contributed by atoms with E-state index >= 15 is 0 Å². The smallest absolute Gasteiger partial charge is 0.300 e. The number of ketones is 1. The average molecular weight is 478 g/mol. The third-order valence-electron chi connectivity index (χ3n) is 5.79. The molecule has 1 atom stereocenters. The number of aryl methyl sites for hydroxylation is 2. The van der Waals surface area contributed by atoms with Crippen LogP contribution in [0.5, 0.6) is 5.75 Å². The molecule has 5 nitrogen and oxygen atoms in total. The number of nitrogens with zero attached hydrogens (tertiary/aromatic N) is 1. The van der Waals surface area contributed by atoms with Crippen molar-refractivity contribution in [3.8, 4) is 5.75 Å². The summed E-state index contributed by atoms with van der Waals surface area (Å²) < 4.78 is 33.4. The maximum Gasteiger partial charge on any atom is 0.300 e. The number of ether oxygens (including phenoxy) is 1. The molecule has 0 bridgehead atoms. The Kier molecular flexibility index (Phi) is 6.43. The first kappa shape index (κ1) is 24.1. The third kappa shape index (κ3) is 4.54. The number of hydrogen-bond acceptors (Lipinski definition) is 4. The Bertz CT molecular complexity index is 1360. The molecule has 35 heavy (non-hydrogen) atoms. The fraction of sp³-hybridized carbons (Fsp3) is 0.214. The minimum absolute atomic E-state index is 0.00779. The summed E-state index contributed by atoms with van der Waals surface area (Å²) in [6.07, 6.45) is -0.0455. The van der Waals surface area contributed by atoms with Crippen molar-refractivity contribution in [2.75, 3.05) is 4.90 Å². The Balaban J connectivity index is 1.91. The molecule has 1 amide bonds. The van der Waals surface area contributed by atoms with Crippen LogP contribution in [0.25, 0.3) is 5.76 Å². The van der Waals surface area contributed by atoms with Crippen LogP contribution in [0.1, 0.15) is 42.1 Å². The van der Waals surface area contributed by atoms with Crippen LogP contribution in [-0.2, 0) is 9.59 Å². The number of Topliss-reactive ketones (excluding diaryl/α,β-unsaturated/α-hetero) is 1. The summed E-state index contributed by atoms with van der Waals surface area (Å²) in [5.74, 6) is -3.81. The number of carbonyl (C=O) groups excluding carboxylic acids is 2. The fourth-order valence-electron chi connectivity index (χ4n) is 4.23. The minimum Gasteiger partial charge on any atom is -0.507 e.